The van der Waals surface area contributed by atoms with Crippen LogP contribution in [0.25, 0.3) is 9.40 Å². The number of fused-ring (bicyclic) bond motifs is 1. The maximum atomic E-state index is 12.3. The van der Waals surface area contributed by atoms with Crippen LogP contribution in [0.5, 0.6) is 0 Å². The first-order valence-electron chi connectivity index (χ1n) is 7.76. The molecule has 2 aromatic rings. The molecule has 2 N–H and O–H groups in total. The fraction of sp³-hybridized carbons (Fsp3) is 0.500. The van der Waals surface area contributed by atoms with Gasteiger partial charge in [0.05, 0.1) is 11.3 Å². The number of hydrogen-bond donors (Lipinski definition) is 2. The van der Waals surface area contributed by atoms with Gasteiger partial charge in [-0.1, -0.05) is 6.92 Å². The Morgan fingerprint density at radius 2 is 2.26 bits per heavy atom. The SMILES string of the molecule is CCOC(=O)c1sc2ccsc2c1CNC(=O)C(C)C1CNC1. The van der Waals surface area contributed by atoms with Gasteiger partial charge in [0, 0.05) is 22.7 Å². The summed E-state index contributed by atoms with van der Waals surface area (Å²) in [7, 11) is 0. The van der Waals surface area contributed by atoms with E-state index in [2.05, 4.69) is 10.6 Å². The van der Waals surface area contributed by atoms with Crippen molar-refractivity contribution in [3.05, 3.63) is 21.9 Å². The Bertz CT molecular complexity index is 718. The molecule has 1 amide bonds. The lowest BCUT2D eigenvalue weighted by molar-refractivity contribution is -0.126. The second-order valence-corrected chi connectivity index (χ2v) is 7.64. The molecule has 7 heteroatoms. The third-order valence-electron chi connectivity index (χ3n) is 4.22. The minimum absolute atomic E-state index is 0.0141. The predicted molar refractivity (Wildman–Crippen MR) is 93.0 cm³/mol. The van der Waals surface area contributed by atoms with E-state index in [9.17, 15) is 9.59 Å². The number of esters is 1. The number of hydrogen-bond acceptors (Lipinski definition) is 6. The second-order valence-electron chi connectivity index (χ2n) is 5.67. The summed E-state index contributed by atoms with van der Waals surface area (Å²) in [5, 5.41) is 8.18. The molecule has 1 atom stereocenters. The highest BCUT2D eigenvalue weighted by Crippen LogP contribution is 2.35. The normalized spacial score (nSPS) is 16.1. The van der Waals surface area contributed by atoms with E-state index in [1.807, 2.05) is 18.4 Å². The van der Waals surface area contributed by atoms with Crippen LogP contribution in [0.1, 0.15) is 29.1 Å². The van der Waals surface area contributed by atoms with Gasteiger partial charge in [0.15, 0.2) is 0 Å². The van der Waals surface area contributed by atoms with Crippen LogP contribution >= 0.6 is 22.7 Å². The van der Waals surface area contributed by atoms with Crippen LogP contribution in [0.4, 0.5) is 0 Å². The molecule has 0 bridgehead atoms. The van der Waals surface area contributed by atoms with Gasteiger partial charge >= 0.3 is 5.97 Å². The highest BCUT2D eigenvalue weighted by molar-refractivity contribution is 7.28. The first kappa shape index (κ1) is 16.4. The number of rotatable bonds is 6. The maximum Gasteiger partial charge on any atom is 0.348 e. The summed E-state index contributed by atoms with van der Waals surface area (Å²) in [6, 6.07) is 2.00. The summed E-state index contributed by atoms with van der Waals surface area (Å²) in [5.41, 5.74) is 0.880. The molecular weight excluding hydrogens is 332 g/mol. The third kappa shape index (κ3) is 3.27. The van der Waals surface area contributed by atoms with Gasteiger partial charge in [0.25, 0.3) is 0 Å². The third-order valence-corrected chi connectivity index (χ3v) is 6.50. The Hall–Kier alpha value is -1.44. The van der Waals surface area contributed by atoms with E-state index in [0.717, 1.165) is 28.1 Å². The summed E-state index contributed by atoms with van der Waals surface area (Å²) in [6.45, 7) is 6.28. The lowest BCUT2D eigenvalue weighted by atomic mass is 9.88. The predicted octanol–water partition coefficient (Wildman–Crippen LogP) is 2.61. The number of amides is 1. The molecule has 2 aromatic heterocycles. The van der Waals surface area contributed by atoms with Crippen LogP contribution in [-0.2, 0) is 16.1 Å². The van der Waals surface area contributed by atoms with Crippen LogP contribution < -0.4 is 10.6 Å². The molecule has 1 fully saturated rings. The summed E-state index contributed by atoms with van der Waals surface area (Å²) in [6.07, 6.45) is 0. The van der Waals surface area contributed by atoms with Gasteiger partial charge in [-0.2, -0.15) is 0 Å². The van der Waals surface area contributed by atoms with Crippen molar-refractivity contribution < 1.29 is 14.3 Å². The largest absolute Gasteiger partial charge is 0.462 e. The van der Waals surface area contributed by atoms with Crippen molar-refractivity contribution >= 4 is 43.9 Å². The maximum absolute atomic E-state index is 12.3. The van der Waals surface area contributed by atoms with Gasteiger partial charge in [-0.25, -0.2) is 4.79 Å². The minimum Gasteiger partial charge on any atom is -0.462 e. The standard InChI is InChI=1S/C16H20N2O3S2/c1-3-21-16(20)14-11(13-12(23-14)4-5-22-13)8-18-15(19)9(2)10-6-17-7-10/h4-5,9-10,17H,3,6-8H2,1-2H3,(H,18,19). The molecule has 0 spiro atoms. The lowest BCUT2D eigenvalue weighted by Crippen LogP contribution is -2.49. The zero-order valence-electron chi connectivity index (χ0n) is 13.2. The van der Waals surface area contributed by atoms with Crippen LogP contribution in [0.3, 0.4) is 0 Å². The number of ether oxygens (including phenoxy) is 1. The molecule has 5 nitrogen and oxygen atoms in total. The van der Waals surface area contributed by atoms with Gasteiger partial charge in [0.2, 0.25) is 5.91 Å². The molecule has 1 saturated heterocycles. The van der Waals surface area contributed by atoms with E-state index in [-0.39, 0.29) is 17.8 Å². The van der Waals surface area contributed by atoms with Crippen molar-refractivity contribution in [2.45, 2.75) is 20.4 Å². The van der Waals surface area contributed by atoms with E-state index in [4.69, 9.17) is 4.74 Å². The van der Waals surface area contributed by atoms with Gasteiger partial charge in [-0.15, -0.1) is 22.7 Å². The van der Waals surface area contributed by atoms with Gasteiger partial charge < -0.3 is 15.4 Å². The summed E-state index contributed by atoms with van der Waals surface area (Å²) in [4.78, 5) is 25.1. The molecule has 3 rings (SSSR count). The molecule has 3 heterocycles. The van der Waals surface area contributed by atoms with Gasteiger partial charge in [0.1, 0.15) is 4.88 Å². The average molecular weight is 352 g/mol. The number of carbonyl (C=O) groups excluding carboxylic acids is 2. The van der Waals surface area contributed by atoms with Gasteiger partial charge in [-0.05, 0) is 37.4 Å². The van der Waals surface area contributed by atoms with E-state index < -0.39 is 0 Å². The molecule has 1 aliphatic heterocycles. The van der Waals surface area contributed by atoms with Crippen molar-refractivity contribution in [2.24, 2.45) is 11.8 Å². The Balaban J connectivity index is 1.75. The number of nitrogens with one attached hydrogen (secondary N) is 2. The highest BCUT2D eigenvalue weighted by atomic mass is 32.1. The monoisotopic (exact) mass is 352 g/mol. The van der Waals surface area contributed by atoms with E-state index in [1.165, 1.54) is 11.3 Å². The molecule has 0 radical (unpaired) electrons. The van der Waals surface area contributed by atoms with Crippen molar-refractivity contribution in [3.63, 3.8) is 0 Å². The number of carbonyl (C=O) groups is 2. The fourth-order valence-electron chi connectivity index (χ4n) is 2.61. The molecular formula is C16H20N2O3S2. The molecule has 1 aliphatic rings. The molecule has 0 aromatic carbocycles. The van der Waals surface area contributed by atoms with E-state index >= 15 is 0 Å². The lowest BCUT2D eigenvalue weighted by Gasteiger charge is -2.31. The fourth-order valence-corrected chi connectivity index (χ4v) is 4.88. The molecule has 0 saturated carbocycles. The van der Waals surface area contributed by atoms with E-state index in [1.54, 1.807) is 18.3 Å². The van der Waals surface area contributed by atoms with Crippen LogP contribution in [0.2, 0.25) is 0 Å². The van der Waals surface area contributed by atoms with Crippen LogP contribution in [0.15, 0.2) is 11.4 Å². The van der Waals surface area contributed by atoms with Crippen molar-refractivity contribution in [2.75, 3.05) is 19.7 Å². The first-order valence-corrected chi connectivity index (χ1v) is 9.45. The average Bonchev–Trinajstić information content (AvgIpc) is 3.04. The van der Waals surface area contributed by atoms with Crippen LogP contribution in [0, 0.1) is 11.8 Å². The topological polar surface area (TPSA) is 67.4 Å². The number of thiophene rings is 2. The Kier molecular flexibility index (Phi) is 4.99. The summed E-state index contributed by atoms with van der Waals surface area (Å²) >= 11 is 3.03. The summed E-state index contributed by atoms with van der Waals surface area (Å²) < 4.78 is 7.28. The Labute approximate surface area is 143 Å². The summed E-state index contributed by atoms with van der Waals surface area (Å²) in [5.74, 6) is 0.132. The zero-order chi connectivity index (χ0) is 16.4. The smallest absolute Gasteiger partial charge is 0.348 e. The second kappa shape index (κ2) is 6.98. The molecule has 0 aliphatic carbocycles. The molecule has 1 unspecified atom stereocenters. The van der Waals surface area contributed by atoms with Crippen molar-refractivity contribution in [1.29, 1.82) is 0 Å². The van der Waals surface area contributed by atoms with Gasteiger partial charge in [-0.3, -0.25) is 4.79 Å². The Morgan fingerprint density at radius 1 is 1.48 bits per heavy atom. The minimum atomic E-state index is -0.304. The molecule has 23 heavy (non-hydrogen) atoms. The van der Waals surface area contributed by atoms with Crippen molar-refractivity contribution in [3.8, 4) is 0 Å². The zero-order valence-corrected chi connectivity index (χ0v) is 14.8. The van der Waals surface area contributed by atoms with E-state index in [0.29, 0.717) is 23.9 Å². The van der Waals surface area contributed by atoms with Crippen LogP contribution in [-0.4, -0.2) is 31.6 Å². The highest BCUT2D eigenvalue weighted by Gasteiger charge is 2.29. The first-order chi connectivity index (χ1) is 11.1. The van der Waals surface area contributed by atoms with Crippen molar-refractivity contribution in [1.82, 2.24) is 10.6 Å². The molecule has 124 valence electrons. The Morgan fingerprint density at radius 3 is 2.91 bits per heavy atom. The quantitative estimate of drug-likeness (QED) is 0.784.